The van der Waals surface area contributed by atoms with Gasteiger partial charge in [0, 0.05) is 37.1 Å². The number of amides is 5. The van der Waals surface area contributed by atoms with E-state index in [1.807, 2.05) is 20.8 Å². The summed E-state index contributed by atoms with van der Waals surface area (Å²) >= 11 is 1.40. The summed E-state index contributed by atoms with van der Waals surface area (Å²) in [5, 5.41) is 13.3. The van der Waals surface area contributed by atoms with Gasteiger partial charge < -0.3 is 26.2 Å². The van der Waals surface area contributed by atoms with Crippen LogP contribution < -0.4 is 21.3 Å². The number of Topliss-reactive ketones (excluding diaryl/α,β-unsaturated/α-hetero) is 1. The summed E-state index contributed by atoms with van der Waals surface area (Å²) in [5.74, 6) is -2.23. The van der Waals surface area contributed by atoms with Crippen molar-refractivity contribution in [3.63, 3.8) is 0 Å². The van der Waals surface area contributed by atoms with Gasteiger partial charge in [-0.1, -0.05) is 79.2 Å². The predicted molar refractivity (Wildman–Crippen MR) is 206 cm³/mol. The highest BCUT2D eigenvalue weighted by Crippen LogP contribution is 2.65. The average Bonchev–Trinajstić information content (AvgIpc) is 3.55. The standard InChI is InChI=1S/C39H58N6O7S2/c1-7-17-40-35(48)33(46)26(19-23-12-11-13-23)41-34(47)32-30-25(39(30,5)6)20-45(32)36(49)31(24-14-9-8-10-15-24)43-37(50)42-29(38(2,3)4)22-44-21-27-28(16-18-53-27)54(44,51)52/h7,16,18,23-26,29-32H,1,8-15,17,19-22H2,2-6H3,(H,40,48)(H,41,47)(H2,42,43,50)/t25-,26?,29+,30?,31-,32-/m0/s1. The summed E-state index contributed by atoms with van der Waals surface area (Å²) < 4.78 is 28.0. The van der Waals surface area contributed by atoms with Crippen LogP contribution in [0.2, 0.25) is 0 Å². The van der Waals surface area contributed by atoms with Gasteiger partial charge in [-0.05, 0) is 65.2 Å². The summed E-state index contributed by atoms with van der Waals surface area (Å²) in [6.07, 6.45) is 9.10. The van der Waals surface area contributed by atoms with Gasteiger partial charge >= 0.3 is 6.03 Å². The van der Waals surface area contributed by atoms with Crippen LogP contribution in [0.4, 0.5) is 4.79 Å². The minimum Gasteiger partial charge on any atom is -0.346 e. The molecule has 6 rings (SSSR count). The van der Waals surface area contributed by atoms with Crippen LogP contribution in [-0.4, -0.2) is 91.0 Å². The Labute approximate surface area is 323 Å². The Morgan fingerprint density at radius 2 is 1.72 bits per heavy atom. The molecule has 1 aromatic heterocycles. The van der Waals surface area contributed by atoms with Crippen molar-refractivity contribution < 1.29 is 32.4 Å². The lowest BCUT2D eigenvalue weighted by atomic mass is 9.80. The van der Waals surface area contributed by atoms with E-state index in [-0.39, 0.29) is 54.6 Å². The summed E-state index contributed by atoms with van der Waals surface area (Å²) in [6.45, 7) is 14.4. The van der Waals surface area contributed by atoms with Crippen molar-refractivity contribution in [2.24, 2.45) is 34.5 Å². The summed E-state index contributed by atoms with van der Waals surface area (Å²) in [5.41, 5.74) is -0.716. The van der Waals surface area contributed by atoms with Gasteiger partial charge in [-0.25, -0.2) is 13.2 Å². The Balaban J connectivity index is 1.20. The zero-order valence-corrected chi connectivity index (χ0v) is 34.0. The van der Waals surface area contributed by atoms with E-state index in [1.165, 1.54) is 21.7 Å². The van der Waals surface area contributed by atoms with Gasteiger partial charge in [0.1, 0.15) is 12.1 Å². The lowest BCUT2D eigenvalue weighted by Crippen LogP contribution is -2.62. The van der Waals surface area contributed by atoms with Gasteiger partial charge in [0.2, 0.25) is 27.6 Å². The lowest BCUT2D eigenvalue weighted by Gasteiger charge is -2.38. The third-order valence-electron chi connectivity index (χ3n) is 12.9. The number of nitrogens with zero attached hydrogens (tertiary/aromatic N) is 2. The molecule has 3 heterocycles. The van der Waals surface area contributed by atoms with E-state index in [1.54, 1.807) is 16.3 Å². The predicted octanol–water partition coefficient (Wildman–Crippen LogP) is 3.94. The van der Waals surface area contributed by atoms with Gasteiger partial charge in [-0.2, -0.15) is 4.31 Å². The van der Waals surface area contributed by atoms with Gasteiger partial charge in [0.25, 0.3) is 5.91 Å². The maximum Gasteiger partial charge on any atom is 0.315 e. The Kier molecular flexibility index (Phi) is 11.7. The van der Waals surface area contributed by atoms with Crippen LogP contribution in [0.1, 0.15) is 97.3 Å². The number of urea groups is 1. The Hall–Kier alpha value is -3.30. The first-order valence-electron chi connectivity index (χ1n) is 19.6. The molecule has 13 nitrogen and oxygen atoms in total. The van der Waals surface area contributed by atoms with E-state index in [4.69, 9.17) is 0 Å². The normalized spacial score (nSPS) is 26.3. The highest BCUT2D eigenvalue weighted by molar-refractivity contribution is 7.89. The topological polar surface area (TPSA) is 174 Å². The van der Waals surface area contributed by atoms with E-state index in [0.717, 1.165) is 56.2 Å². The third kappa shape index (κ3) is 8.14. The van der Waals surface area contributed by atoms with Crippen molar-refractivity contribution in [3.8, 4) is 0 Å². The van der Waals surface area contributed by atoms with Crippen LogP contribution in [0.5, 0.6) is 0 Å². The van der Waals surface area contributed by atoms with Crippen LogP contribution in [0.3, 0.4) is 0 Å². The second kappa shape index (κ2) is 15.7. The molecule has 3 saturated carbocycles. The van der Waals surface area contributed by atoms with Crippen molar-refractivity contribution >= 4 is 50.9 Å². The number of hydrogen-bond donors (Lipinski definition) is 4. The van der Waals surface area contributed by atoms with Crippen LogP contribution in [0, 0.1) is 34.5 Å². The Morgan fingerprint density at radius 3 is 2.33 bits per heavy atom. The molecule has 0 radical (unpaired) electrons. The molecule has 0 spiro atoms. The fourth-order valence-electron chi connectivity index (χ4n) is 9.10. The number of likely N-dealkylation sites (tertiary alicyclic amines) is 1. The SMILES string of the molecule is C=CCNC(=O)C(=O)C(CC1CCC1)NC(=O)[C@@H]1C2[C@H](CN1C(=O)[C@@H](NC(=O)N[C@H](CN1Cc3sccc3S1(=O)=O)C(C)(C)C)C1CCCCC1)C2(C)C. The first-order valence-corrected chi connectivity index (χ1v) is 21.9. The minimum absolute atomic E-state index is 0.0713. The fraction of sp³-hybridized carbons (Fsp3) is 0.718. The molecule has 54 heavy (non-hydrogen) atoms. The van der Waals surface area contributed by atoms with Crippen molar-refractivity contribution in [2.45, 2.75) is 128 Å². The largest absolute Gasteiger partial charge is 0.346 e. The smallest absolute Gasteiger partial charge is 0.315 e. The monoisotopic (exact) mass is 786 g/mol. The number of piperidine rings is 1. The van der Waals surface area contributed by atoms with E-state index >= 15 is 0 Å². The number of rotatable bonds is 14. The maximum absolute atomic E-state index is 14.8. The number of sulfonamides is 1. The zero-order valence-electron chi connectivity index (χ0n) is 32.3. The summed E-state index contributed by atoms with van der Waals surface area (Å²) in [6, 6.07) is -2.29. The third-order valence-corrected chi connectivity index (χ3v) is 15.8. The molecule has 4 fully saturated rings. The Morgan fingerprint density at radius 1 is 1.02 bits per heavy atom. The molecule has 0 aromatic carbocycles. The van der Waals surface area contributed by atoms with E-state index in [9.17, 15) is 32.4 Å². The fourth-order valence-corrected chi connectivity index (χ4v) is 12.0. The number of fused-ring (bicyclic) bond motifs is 2. The molecule has 6 atom stereocenters. The quantitative estimate of drug-likeness (QED) is 0.163. The van der Waals surface area contributed by atoms with Crippen molar-refractivity contribution in [1.29, 1.82) is 0 Å². The molecular formula is C39H58N6O7S2. The summed E-state index contributed by atoms with van der Waals surface area (Å²) in [7, 11) is -3.69. The molecule has 4 N–H and O–H groups in total. The number of carbonyl (C=O) groups excluding carboxylic acids is 5. The number of hydrogen-bond acceptors (Lipinski definition) is 8. The van der Waals surface area contributed by atoms with Crippen LogP contribution in [0.15, 0.2) is 29.0 Å². The van der Waals surface area contributed by atoms with Gasteiger partial charge in [-0.3, -0.25) is 19.2 Å². The molecular weight excluding hydrogens is 729 g/mol. The number of ketones is 1. The van der Waals surface area contributed by atoms with Crippen LogP contribution >= 0.6 is 11.3 Å². The van der Waals surface area contributed by atoms with Crippen molar-refractivity contribution in [1.82, 2.24) is 30.5 Å². The van der Waals surface area contributed by atoms with Gasteiger partial charge in [-0.15, -0.1) is 17.9 Å². The molecule has 2 aliphatic heterocycles. The molecule has 5 amide bonds. The Bertz CT molecular complexity index is 1740. The van der Waals surface area contributed by atoms with Crippen LogP contribution in [-0.2, 0) is 35.7 Å². The second-order valence-electron chi connectivity index (χ2n) is 17.8. The maximum atomic E-state index is 14.8. The minimum atomic E-state index is -3.69. The number of thiophene rings is 1. The zero-order chi connectivity index (χ0) is 39.2. The first kappa shape index (κ1) is 40.4. The van der Waals surface area contributed by atoms with E-state index in [2.05, 4.69) is 41.7 Å². The first-order chi connectivity index (χ1) is 25.4. The van der Waals surface area contributed by atoms with E-state index in [0.29, 0.717) is 17.9 Å². The van der Waals surface area contributed by atoms with Crippen molar-refractivity contribution in [2.75, 3.05) is 19.6 Å². The molecule has 0 bridgehead atoms. The number of carbonyl (C=O) groups is 5. The summed E-state index contributed by atoms with van der Waals surface area (Å²) in [4.78, 5) is 71.8. The molecule has 298 valence electrons. The molecule has 1 saturated heterocycles. The highest BCUT2D eigenvalue weighted by atomic mass is 32.2. The van der Waals surface area contributed by atoms with E-state index < -0.39 is 63.2 Å². The van der Waals surface area contributed by atoms with Gasteiger partial charge in [0.05, 0.1) is 10.9 Å². The highest BCUT2D eigenvalue weighted by Gasteiger charge is 2.70. The van der Waals surface area contributed by atoms with Crippen molar-refractivity contribution in [3.05, 3.63) is 29.0 Å². The van der Waals surface area contributed by atoms with Gasteiger partial charge in [0.15, 0.2) is 0 Å². The lowest BCUT2D eigenvalue weighted by molar-refractivity contribution is -0.145. The molecule has 5 aliphatic rings. The molecule has 2 unspecified atom stereocenters. The molecule has 15 heteroatoms. The second-order valence-corrected chi connectivity index (χ2v) is 20.7. The average molecular weight is 787 g/mol. The number of nitrogens with one attached hydrogen (secondary N) is 4. The van der Waals surface area contributed by atoms with Crippen LogP contribution in [0.25, 0.3) is 0 Å². The molecule has 1 aromatic rings. The molecule has 3 aliphatic carbocycles.